The fraction of sp³-hybridized carbons (Fsp3) is 0.921. The molecule has 0 bridgehead atoms. The molecule has 0 aliphatic rings. The van der Waals surface area contributed by atoms with E-state index in [-0.39, 0.29) is 11.8 Å². The Morgan fingerprint density at radius 1 is 0.400 bits per heavy atom. The average Bonchev–Trinajstić information content (AvgIpc) is 3.00. The Morgan fingerprint density at radius 2 is 0.622 bits per heavy atom. The normalized spacial score (nSPS) is 11.3. The first kappa shape index (κ1) is 43.4. The summed E-state index contributed by atoms with van der Waals surface area (Å²) in [5.74, 6) is -1.61. The van der Waals surface area contributed by atoms with Crippen LogP contribution in [0.25, 0.3) is 0 Å². The third-order valence-electron chi connectivity index (χ3n) is 8.83. The minimum absolute atomic E-state index is 0.252. The summed E-state index contributed by atoms with van der Waals surface area (Å²) in [6.45, 7) is 4.06. The van der Waals surface area contributed by atoms with E-state index in [1.807, 2.05) is 0 Å². The topological polar surface area (TPSA) is 98.7 Å². The van der Waals surface area contributed by atoms with E-state index in [4.69, 9.17) is 0 Å². The maximum absolute atomic E-state index is 12.4. The number of nitrogens with one attached hydrogen (secondary N) is 2. The molecular formula is C38H75N3O4. The van der Waals surface area contributed by atoms with Gasteiger partial charge in [0.15, 0.2) is 0 Å². The van der Waals surface area contributed by atoms with Gasteiger partial charge in [0.05, 0.1) is 0 Å². The first-order valence-corrected chi connectivity index (χ1v) is 19.6. The molecule has 45 heavy (non-hydrogen) atoms. The molecule has 7 nitrogen and oxygen atoms in total. The number of rotatable bonds is 36. The van der Waals surface area contributed by atoms with Crippen LogP contribution in [0, 0.1) is 0 Å². The minimum atomic E-state index is -1.10. The predicted octanol–water partition coefficient (Wildman–Crippen LogP) is 11.0. The largest absolute Gasteiger partial charge is 0.480 e. The quantitative estimate of drug-likeness (QED) is 0.0469. The van der Waals surface area contributed by atoms with E-state index in [0.717, 1.165) is 43.6 Å². The van der Waals surface area contributed by atoms with Crippen molar-refractivity contribution in [2.24, 2.45) is 0 Å². The summed E-state index contributed by atoms with van der Waals surface area (Å²) < 4.78 is 0. The van der Waals surface area contributed by atoms with E-state index < -0.39 is 12.5 Å². The fourth-order valence-electron chi connectivity index (χ4n) is 5.97. The molecular weight excluding hydrogens is 562 g/mol. The lowest BCUT2D eigenvalue weighted by molar-refractivity contribution is -0.144. The van der Waals surface area contributed by atoms with Crippen molar-refractivity contribution in [3.63, 3.8) is 0 Å². The smallest absolute Gasteiger partial charge is 0.321 e. The Hall–Kier alpha value is -1.63. The van der Waals surface area contributed by atoms with Crippen LogP contribution in [0.15, 0.2) is 0 Å². The van der Waals surface area contributed by atoms with Crippen LogP contribution in [-0.4, -0.2) is 34.6 Å². The van der Waals surface area contributed by atoms with Crippen LogP contribution in [0.2, 0.25) is 0 Å². The summed E-state index contributed by atoms with van der Waals surface area (Å²) in [7, 11) is 0. The molecule has 0 atom stereocenters. The lowest BCUT2D eigenvalue weighted by Gasteiger charge is -2.22. The molecule has 2 amide bonds. The van der Waals surface area contributed by atoms with Crippen LogP contribution < -0.4 is 10.9 Å². The molecule has 0 aliphatic carbocycles. The van der Waals surface area contributed by atoms with Gasteiger partial charge in [0.2, 0.25) is 11.8 Å². The van der Waals surface area contributed by atoms with Crippen molar-refractivity contribution in [2.45, 2.75) is 219 Å². The zero-order chi connectivity index (χ0) is 33.1. The molecule has 0 rings (SSSR count). The molecule has 0 saturated carbocycles. The Balaban J connectivity index is 3.72. The number of hydrazine groups is 2. The molecule has 3 N–H and O–H groups in total. The molecule has 0 radical (unpaired) electrons. The monoisotopic (exact) mass is 638 g/mol. The number of nitrogens with zero attached hydrogens (tertiary/aromatic N) is 1. The Kier molecular flexibility index (Phi) is 34.0. The second-order valence-electron chi connectivity index (χ2n) is 13.4. The number of carbonyl (C=O) groups excluding carboxylic acids is 2. The number of aliphatic carboxylic acids is 1. The molecule has 0 heterocycles. The van der Waals surface area contributed by atoms with E-state index in [0.29, 0.717) is 12.8 Å². The summed E-state index contributed by atoms with van der Waals surface area (Å²) >= 11 is 0. The summed E-state index contributed by atoms with van der Waals surface area (Å²) in [5.41, 5.74) is 5.13. The molecule has 0 aliphatic heterocycles. The Labute approximate surface area is 278 Å². The van der Waals surface area contributed by atoms with Crippen LogP contribution in [0.1, 0.15) is 219 Å². The summed E-state index contributed by atoms with van der Waals surface area (Å²) in [5, 5.41) is 10.2. The van der Waals surface area contributed by atoms with Gasteiger partial charge >= 0.3 is 5.97 Å². The van der Waals surface area contributed by atoms with E-state index in [1.54, 1.807) is 0 Å². The number of amides is 2. The highest BCUT2D eigenvalue weighted by molar-refractivity contribution is 5.78. The predicted molar refractivity (Wildman–Crippen MR) is 190 cm³/mol. The molecule has 266 valence electrons. The van der Waals surface area contributed by atoms with Gasteiger partial charge in [-0.2, -0.15) is 0 Å². The van der Waals surface area contributed by atoms with Crippen LogP contribution in [0.5, 0.6) is 0 Å². The highest BCUT2D eigenvalue weighted by Crippen LogP contribution is 2.15. The number of hydrogen-bond donors (Lipinski definition) is 3. The van der Waals surface area contributed by atoms with Crippen molar-refractivity contribution in [3.8, 4) is 0 Å². The number of hydrogen-bond acceptors (Lipinski definition) is 4. The van der Waals surface area contributed by atoms with Crippen LogP contribution in [0.3, 0.4) is 0 Å². The highest BCUT2D eigenvalue weighted by Gasteiger charge is 2.15. The second kappa shape index (κ2) is 35.2. The zero-order valence-corrected chi connectivity index (χ0v) is 30.0. The lowest BCUT2D eigenvalue weighted by Crippen LogP contribution is -2.54. The van der Waals surface area contributed by atoms with Crippen LogP contribution in [-0.2, 0) is 14.4 Å². The second-order valence-corrected chi connectivity index (χ2v) is 13.4. The third kappa shape index (κ3) is 35.1. The van der Waals surface area contributed by atoms with Crippen molar-refractivity contribution < 1.29 is 19.5 Å². The van der Waals surface area contributed by atoms with Crippen molar-refractivity contribution in [2.75, 3.05) is 6.54 Å². The fourth-order valence-corrected chi connectivity index (χ4v) is 5.97. The molecule has 0 aromatic heterocycles. The van der Waals surface area contributed by atoms with Gasteiger partial charge in [0.1, 0.15) is 6.54 Å². The lowest BCUT2D eigenvalue weighted by atomic mass is 10.0. The van der Waals surface area contributed by atoms with E-state index in [1.165, 1.54) is 154 Å². The van der Waals surface area contributed by atoms with Gasteiger partial charge in [0.25, 0.3) is 0 Å². The molecule has 0 unspecified atom stereocenters. The van der Waals surface area contributed by atoms with Gasteiger partial charge in [-0.3, -0.25) is 25.2 Å². The first-order chi connectivity index (χ1) is 22.0. The van der Waals surface area contributed by atoms with Gasteiger partial charge in [-0.05, 0) is 12.8 Å². The number of unbranched alkanes of at least 4 members (excludes halogenated alkanes) is 28. The summed E-state index contributed by atoms with van der Waals surface area (Å²) in [4.78, 5) is 36.0. The zero-order valence-electron chi connectivity index (χ0n) is 30.0. The first-order valence-electron chi connectivity index (χ1n) is 19.6. The molecule has 0 saturated heterocycles. The molecule has 0 spiro atoms. The van der Waals surface area contributed by atoms with Gasteiger partial charge in [-0.25, -0.2) is 0 Å². The Bertz CT molecular complexity index is 625. The van der Waals surface area contributed by atoms with Crippen molar-refractivity contribution in [1.29, 1.82) is 0 Å². The van der Waals surface area contributed by atoms with Gasteiger partial charge < -0.3 is 5.11 Å². The van der Waals surface area contributed by atoms with Gasteiger partial charge in [-0.15, -0.1) is 5.12 Å². The Morgan fingerprint density at radius 3 is 0.844 bits per heavy atom. The molecule has 0 aromatic rings. The van der Waals surface area contributed by atoms with E-state index in [2.05, 4.69) is 24.7 Å². The van der Waals surface area contributed by atoms with Crippen LogP contribution in [0.4, 0.5) is 0 Å². The maximum Gasteiger partial charge on any atom is 0.321 e. The summed E-state index contributed by atoms with van der Waals surface area (Å²) in [6, 6.07) is 0. The average molecular weight is 638 g/mol. The van der Waals surface area contributed by atoms with Crippen molar-refractivity contribution in [1.82, 2.24) is 16.0 Å². The standard InChI is InChI=1S/C38H75N3O4/c1-3-5-7-9-11-13-15-17-19-21-23-25-27-29-31-33-36(42)39-41(35-38(44)45)40-37(43)34-32-30-28-26-24-22-20-18-16-14-12-10-8-6-4-2/h3-35H2,1-2H3,(H,39,42)(H,40,43)(H,44,45). The minimum Gasteiger partial charge on any atom is -0.480 e. The number of carbonyl (C=O) groups is 3. The van der Waals surface area contributed by atoms with Gasteiger partial charge in [0, 0.05) is 12.8 Å². The van der Waals surface area contributed by atoms with E-state index in [9.17, 15) is 19.5 Å². The van der Waals surface area contributed by atoms with Gasteiger partial charge in [-0.1, -0.05) is 194 Å². The molecule has 7 heteroatoms. The van der Waals surface area contributed by atoms with Crippen LogP contribution >= 0.6 is 0 Å². The van der Waals surface area contributed by atoms with E-state index >= 15 is 0 Å². The maximum atomic E-state index is 12.4. The van der Waals surface area contributed by atoms with Crippen molar-refractivity contribution >= 4 is 17.8 Å². The number of carboxylic acids is 1. The number of carboxylic acid groups (broad SMARTS) is 1. The SMILES string of the molecule is CCCCCCCCCCCCCCCCCC(=O)NN(CC(=O)O)NC(=O)CCCCCCCCCCCCCCCCC. The summed E-state index contributed by atoms with van der Waals surface area (Å²) in [6.07, 6.45) is 38.7. The third-order valence-corrected chi connectivity index (χ3v) is 8.83. The molecule has 0 aromatic carbocycles. The van der Waals surface area contributed by atoms with Crippen molar-refractivity contribution in [3.05, 3.63) is 0 Å². The molecule has 0 fully saturated rings. The highest BCUT2D eigenvalue weighted by atomic mass is 16.4.